The first-order chi connectivity index (χ1) is 10.1. The van der Waals surface area contributed by atoms with Gasteiger partial charge in [0.2, 0.25) is 0 Å². The number of nitrogens with zero attached hydrogens (tertiary/aromatic N) is 2. The molecular weight excluding hydrogens is 264 g/mol. The van der Waals surface area contributed by atoms with Gasteiger partial charge in [-0.25, -0.2) is 0 Å². The smallest absolute Gasteiger partial charge is 0.274 e. The van der Waals surface area contributed by atoms with E-state index in [0.717, 1.165) is 30.0 Å². The van der Waals surface area contributed by atoms with Crippen molar-refractivity contribution in [2.45, 2.75) is 27.2 Å². The molecule has 0 aliphatic carbocycles. The Morgan fingerprint density at radius 2 is 2.05 bits per heavy atom. The molecule has 0 radical (unpaired) electrons. The summed E-state index contributed by atoms with van der Waals surface area (Å²) in [5.41, 5.74) is 3.71. The summed E-state index contributed by atoms with van der Waals surface area (Å²) in [4.78, 5) is 20.7. The molecule has 21 heavy (non-hydrogen) atoms. The standard InChI is InChI=1S/C16H20N4O/c1-4-8-17-13-7-9-18-15(10-13)16(21)20-14-6-5-11(2)19-12(14)3/h5-7,9-10H,4,8H2,1-3H3,(H,17,18)(H,20,21). The maximum Gasteiger partial charge on any atom is 0.274 e. The lowest BCUT2D eigenvalue weighted by atomic mass is 10.2. The van der Waals surface area contributed by atoms with Crippen LogP contribution in [0.25, 0.3) is 0 Å². The number of nitrogens with one attached hydrogen (secondary N) is 2. The molecule has 5 nitrogen and oxygen atoms in total. The second-order valence-corrected chi connectivity index (χ2v) is 4.90. The second-order valence-electron chi connectivity index (χ2n) is 4.90. The normalized spacial score (nSPS) is 10.2. The Balaban J connectivity index is 2.12. The van der Waals surface area contributed by atoms with Crippen LogP contribution in [0.4, 0.5) is 11.4 Å². The number of aromatic nitrogens is 2. The number of rotatable bonds is 5. The molecule has 2 N–H and O–H groups in total. The minimum absolute atomic E-state index is 0.232. The molecule has 2 aromatic heterocycles. The van der Waals surface area contributed by atoms with Crippen molar-refractivity contribution in [3.05, 3.63) is 47.5 Å². The van der Waals surface area contributed by atoms with Crippen LogP contribution in [-0.4, -0.2) is 22.4 Å². The van der Waals surface area contributed by atoms with E-state index in [1.54, 1.807) is 12.3 Å². The lowest BCUT2D eigenvalue weighted by molar-refractivity contribution is 0.102. The first-order valence-corrected chi connectivity index (χ1v) is 7.05. The minimum atomic E-state index is -0.232. The van der Waals surface area contributed by atoms with E-state index in [2.05, 4.69) is 27.5 Å². The van der Waals surface area contributed by atoms with Gasteiger partial charge in [-0.05, 0) is 44.5 Å². The number of anilines is 2. The summed E-state index contributed by atoms with van der Waals surface area (Å²) in [6, 6.07) is 7.33. The van der Waals surface area contributed by atoms with Gasteiger partial charge in [0.15, 0.2) is 0 Å². The van der Waals surface area contributed by atoms with E-state index >= 15 is 0 Å². The summed E-state index contributed by atoms with van der Waals surface area (Å²) in [5.74, 6) is -0.232. The number of amides is 1. The number of carbonyl (C=O) groups excluding carboxylic acids is 1. The van der Waals surface area contributed by atoms with Crippen LogP contribution in [0.15, 0.2) is 30.5 Å². The van der Waals surface area contributed by atoms with Crippen LogP contribution in [-0.2, 0) is 0 Å². The molecule has 0 saturated carbocycles. The van der Waals surface area contributed by atoms with Gasteiger partial charge >= 0.3 is 0 Å². The quantitative estimate of drug-likeness (QED) is 0.885. The molecule has 0 fully saturated rings. The van der Waals surface area contributed by atoms with Crippen LogP contribution in [0.2, 0.25) is 0 Å². The monoisotopic (exact) mass is 284 g/mol. The number of carbonyl (C=O) groups is 1. The van der Waals surface area contributed by atoms with Crippen LogP contribution in [0.3, 0.4) is 0 Å². The van der Waals surface area contributed by atoms with Gasteiger partial charge in [0.05, 0.1) is 11.4 Å². The summed E-state index contributed by atoms with van der Waals surface area (Å²) < 4.78 is 0. The van der Waals surface area contributed by atoms with E-state index in [9.17, 15) is 4.79 Å². The molecule has 0 aromatic carbocycles. The van der Waals surface area contributed by atoms with Crippen LogP contribution in [0.5, 0.6) is 0 Å². The molecule has 0 unspecified atom stereocenters. The summed E-state index contributed by atoms with van der Waals surface area (Å²) in [7, 11) is 0. The van der Waals surface area contributed by atoms with Crippen molar-refractivity contribution in [3.8, 4) is 0 Å². The highest BCUT2D eigenvalue weighted by Crippen LogP contribution is 2.15. The predicted octanol–water partition coefficient (Wildman–Crippen LogP) is 3.17. The van der Waals surface area contributed by atoms with E-state index in [-0.39, 0.29) is 5.91 Å². The third-order valence-electron chi connectivity index (χ3n) is 3.04. The SMILES string of the molecule is CCCNc1ccnc(C(=O)Nc2ccc(C)nc2C)c1. The van der Waals surface area contributed by atoms with Crippen molar-refractivity contribution in [1.29, 1.82) is 0 Å². The predicted molar refractivity (Wildman–Crippen MR) is 84.7 cm³/mol. The lowest BCUT2D eigenvalue weighted by Crippen LogP contribution is -2.15. The zero-order valence-electron chi connectivity index (χ0n) is 12.6. The van der Waals surface area contributed by atoms with E-state index in [0.29, 0.717) is 11.4 Å². The molecule has 2 aromatic rings. The highest BCUT2D eigenvalue weighted by molar-refractivity contribution is 6.03. The highest BCUT2D eigenvalue weighted by Gasteiger charge is 2.10. The Kier molecular flexibility index (Phi) is 4.87. The van der Waals surface area contributed by atoms with Crippen LogP contribution >= 0.6 is 0 Å². The molecule has 0 aliphatic rings. The number of hydrogen-bond acceptors (Lipinski definition) is 4. The Labute approximate surface area is 124 Å². The number of hydrogen-bond donors (Lipinski definition) is 2. The molecule has 5 heteroatoms. The summed E-state index contributed by atoms with van der Waals surface area (Å²) in [5, 5.41) is 6.09. The van der Waals surface area contributed by atoms with Gasteiger partial charge in [-0.15, -0.1) is 0 Å². The molecule has 110 valence electrons. The summed E-state index contributed by atoms with van der Waals surface area (Å²) in [6.45, 7) is 6.75. The minimum Gasteiger partial charge on any atom is -0.385 e. The Morgan fingerprint density at radius 3 is 2.76 bits per heavy atom. The van der Waals surface area contributed by atoms with E-state index in [1.807, 2.05) is 32.0 Å². The van der Waals surface area contributed by atoms with Gasteiger partial charge in [0, 0.05) is 24.1 Å². The van der Waals surface area contributed by atoms with Crippen LogP contribution < -0.4 is 10.6 Å². The molecule has 1 amide bonds. The van der Waals surface area contributed by atoms with Crippen molar-refractivity contribution in [2.24, 2.45) is 0 Å². The molecule has 0 atom stereocenters. The molecule has 0 spiro atoms. The van der Waals surface area contributed by atoms with Gasteiger partial charge in [-0.3, -0.25) is 14.8 Å². The van der Waals surface area contributed by atoms with Gasteiger partial charge in [0.1, 0.15) is 5.69 Å². The maximum atomic E-state index is 12.2. The molecule has 2 rings (SSSR count). The third kappa shape index (κ3) is 4.02. The average molecular weight is 284 g/mol. The van der Waals surface area contributed by atoms with Crippen molar-refractivity contribution >= 4 is 17.3 Å². The summed E-state index contributed by atoms with van der Waals surface area (Å²) in [6.07, 6.45) is 2.66. The van der Waals surface area contributed by atoms with Gasteiger partial charge in [-0.2, -0.15) is 0 Å². The fourth-order valence-electron chi connectivity index (χ4n) is 1.94. The topological polar surface area (TPSA) is 66.9 Å². The summed E-state index contributed by atoms with van der Waals surface area (Å²) >= 11 is 0. The van der Waals surface area contributed by atoms with Crippen LogP contribution in [0.1, 0.15) is 35.2 Å². The van der Waals surface area contributed by atoms with Crippen molar-refractivity contribution < 1.29 is 4.79 Å². The largest absolute Gasteiger partial charge is 0.385 e. The first-order valence-electron chi connectivity index (χ1n) is 7.05. The third-order valence-corrected chi connectivity index (χ3v) is 3.04. The van der Waals surface area contributed by atoms with Crippen molar-refractivity contribution in [3.63, 3.8) is 0 Å². The lowest BCUT2D eigenvalue weighted by Gasteiger charge is -2.09. The molecular formula is C16H20N4O. The van der Waals surface area contributed by atoms with Gasteiger partial charge < -0.3 is 10.6 Å². The zero-order chi connectivity index (χ0) is 15.2. The first kappa shape index (κ1) is 15.0. The molecule has 0 aliphatic heterocycles. The van der Waals surface area contributed by atoms with E-state index < -0.39 is 0 Å². The van der Waals surface area contributed by atoms with E-state index in [1.165, 1.54) is 0 Å². The Bertz CT molecular complexity index is 640. The van der Waals surface area contributed by atoms with Crippen molar-refractivity contribution in [1.82, 2.24) is 9.97 Å². The fourth-order valence-corrected chi connectivity index (χ4v) is 1.94. The number of pyridine rings is 2. The zero-order valence-corrected chi connectivity index (χ0v) is 12.6. The molecule has 0 saturated heterocycles. The highest BCUT2D eigenvalue weighted by atomic mass is 16.1. The van der Waals surface area contributed by atoms with Crippen LogP contribution in [0, 0.1) is 13.8 Å². The number of aryl methyl sites for hydroxylation is 2. The Hall–Kier alpha value is -2.43. The second kappa shape index (κ2) is 6.83. The van der Waals surface area contributed by atoms with Crippen molar-refractivity contribution in [2.75, 3.05) is 17.2 Å². The van der Waals surface area contributed by atoms with E-state index in [4.69, 9.17) is 0 Å². The maximum absolute atomic E-state index is 12.2. The molecule has 2 heterocycles. The molecule has 0 bridgehead atoms. The van der Waals surface area contributed by atoms with Gasteiger partial charge in [0.25, 0.3) is 5.91 Å². The Morgan fingerprint density at radius 1 is 1.24 bits per heavy atom. The average Bonchev–Trinajstić information content (AvgIpc) is 2.48. The van der Waals surface area contributed by atoms with Gasteiger partial charge in [-0.1, -0.05) is 6.92 Å². The fraction of sp³-hybridized carbons (Fsp3) is 0.312.